The summed E-state index contributed by atoms with van der Waals surface area (Å²) in [5.74, 6) is -6.53. The number of aliphatic hydroxyl groups excluding tert-OH is 3. The van der Waals surface area contributed by atoms with Crippen molar-refractivity contribution in [1.29, 1.82) is 0 Å². The van der Waals surface area contributed by atoms with Crippen molar-refractivity contribution in [3.63, 3.8) is 0 Å². The summed E-state index contributed by atoms with van der Waals surface area (Å²) < 4.78 is 0. The minimum Gasteiger partial charge on any atom is -0.480 e. The van der Waals surface area contributed by atoms with E-state index in [9.17, 15) is 39.0 Å². The van der Waals surface area contributed by atoms with Gasteiger partial charge < -0.3 is 64.2 Å². The first-order chi connectivity index (χ1) is 19.7. The number of rotatable bonds is 20. The first kappa shape index (κ1) is 37.9. The van der Waals surface area contributed by atoms with E-state index in [1.54, 1.807) is 13.8 Å². The van der Waals surface area contributed by atoms with Crippen LogP contribution in [0.1, 0.15) is 33.1 Å². The van der Waals surface area contributed by atoms with Gasteiger partial charge >= 0.3 is 5.97 Å². The Labute approximate surface area is 242 Å². The zero-order chi connectivity index (χ0) is 32.4. The van der Waals surface area contributed by atoms with Crippen molar-refractivity contribution in [3.05, 3.63) is 0 Å². The molecule has 15 N–H and O–H groups in total. The number of guanidine groups is 1. The third kappa shape index (κ3) is 14.0. The number of aliphatic imine (C=N–C) groups is 1. The Morgan fingerprint density at radius 2 is 1.33 bits per heavy atom. The van der Waals surface area contributed by atoms with E-state index in [1.165, 1.54) is 0 Å². The summed E-state index contributed by atoms with van der Waals surface area (Å²) in [5, 5.41) is 47.9. The SMILES string of the molecule is CCC(C)[C@H](NC(=O)C(N)CCCN=C(N)N)C(=O)N[C@@H](CO)C(=O)NCC(=O)N[C@@H](CO)C(=O)N[C@@H](CO)C(=O)O. The van der Waals surface area contributed by atoms with Gasteiger partial charge in [-0.1, -0.05) is 20.3 Å². The maximum atomic E-state index is 13.0. The molecule has 0 aromatic rings. The number of nitrogens with zero attached hydrogens (tertiary/aromatic N) is 1. The van der Waals surface area contributed by atoms with Crippen LogP contribution in [-0.2, 0) is 28.8 Å². The lowest BCUT2D eigenvalue weighted by Gasteiger charge is -2.27. The lowest BCUT2D eigenvalue weighted by atomic mass is 9.97. The lowest BCUT2D eigenvalue weighted by molar-refractivity contribution is -0.143. The van der Waals surface area contributed by atoms with E-state index in [0.29, 0.717) is 12.8 Å². The highest BCUT2D eigenvalue weighted by atomic mass is 16.4. The number of hydrogen-bond donors (Lipinski definition) is 12. The molecule has 0 aliphatic heterocycles. The van der Waals surface area contributed by atoms with E-state index in [2.05, 4.69) is 26.3 Å². The van der Waals surface area contributed by atoms with Gasteiger partial charge in [0.05, 0.1) is 32.4 Å². The molecule has 42 heavy (non-hydrogen) atoms. The topological polar surface area (TPSA) is 334 Å². The molecule has 19 heteroatoms. The monoisotopic (exact) mass is 605 g/mol. The van der Waals surface area contributed by atoms with Gasteiger partial charge in [-0.2, -0.15) is 0 Å². The largest absolute Gasteiger partial charge is 0.480 e. The Balaban J connectivity index is 5.11. The Bertz CT molecular complexity index is 961. The molecule has 0 bridgehead atoms. The molecule has 0 saturated carbocycles. The van der Waals surface area contributed by atoms with Crippen molar-refractivity contribution < 1.29 is 49.2 Å². The van der Waals surface area contributed by atoms with E-state index in [-0.39, 0.29) is 18.9 Å². The van der Waals surface area contributed by atoms with Crippen molar-refractivity contribution in [2.45, 2.75) is 63.3 Å². The summed E-state index contributed by atoms with van der Waals surface area (Å²) in [6.07, 6.45) is 1.09. The fraction of sp³-hybridized carbons (Fsp3) is 0.696. The number of aliphatic carboxylic acids is 1. The molecule has 0 aromatic heterocycles. The van der Waals surface area contributed by atoms with Crippen LogP contribution in [-0.4, -0.2) is 125 Å². The maximum absolute atomic E-state index is 13.0. The zero-order valence-electron chi connectivity index (χ0n) is 23.5. The molecule has 2 unspecified atom stereocenters. The quantitative estimate of drug-likeness (QED) is 0.0349. The van der Waals surface area contributed by atoms with E-state index in [1.807, 2.05) is 5.32 Å². The average molecular weight is 606 g/mol. The minimum absolute atomic E-state index is 0.101. The molecule has 0 fully saturated rings. The highest BCUT2D eigenvalue weighted by molar-refractivity contribution is 5.95. The number of carboxylic acid groups (broad SMARTS) is 1. The molecule has 0 aliphatic carbocycles. The second-order valence-electron chi connectivity index (χ2n) is 9.27. The van der Waals surface area contributed by atoms with Crippen molar-refractivity contribution in [2.24, 2.45) is 28.1 Å². The molecule has 0 radical (unpaired) electrons. The number of nitrogens with one attached hydrogen (secondary N) is 5. The number of amides is 5. The van der Waals surface area contributed by atoms with Crippen LogP contribution in [0.25, 0.3) is 0 Å². The minimum atomic E-state index is -1.67. The molecule has 5 amide bonds. The van der Waals surface area contributed by atoms with Crippen LogP contribution in [0.5, 0.6) is 0 Å². The van der Waals surface area contributed by atoms with Gasteiger partial charge in [0.25, 0.3) is 0 Å². The van der Waals surface area contributed by atoms with Crippen LogP contribution < -0.4 is 43.8 Å². The van der Waals surface area contributed by atoms with Crippen molar-refractivity contribution in [2.75, 3.05) is 32.9 Å². The van der Waals surface area contributed by atoms with Crippen molar-refractivity contribution >= 4 is 41.5 Å². The number of carbonyl (C=O) groups is 6. The Morgan fingerprint density at radius 1 is 0.786 bits per heavy atom. The summed E-state index contributed by atoms with van der Waals surface area (Å²) in [5.41, 5.74) is 16.4. The zero-order valence-corrected chi connectivity index (χ0v) is 23.5. The van der Waals surface area contributed by atoms with E-state index >= 15 is 0 Å². The molecule has 0 spiro atoms. The number of carbonyl (C=O) groups excluding carboxylic acids is 5. The molecule has 240 valence electrons. The summed E-state index contributed by atoms with van der Waals surface area (Å²) in [6, 6.07) is -6.90. The maximum Gasteiger partial charge on any atom is 0.328 e. The number of nitrogens with two attached hydrogens (primary N) is 3. The molecule has 0 saturated heterocycles. The summed E-state index contributed by atoms with van der Waals surface area (Å²) in [6.45, 7) is 0.217. The van der Waals surface area contributed by atoms with E-state index in [4.69, 9.17) is 27.4 Å². The fourth-order valence-corrected chi connectivity index (χ4v) is 3.26. The molecular weight excluding hydrogens is 562 g/mol. The summed E-state index contributed by atoms with van der Waals surface area (Å²) in [4.78, 5) is 77.0. The van der Waals surface area contributed by atoms with Gasteiger partial charge in [-0.05, 0) is 18.8 Å². The first-order valence-electron chi connectivity index (χ1n) is 13.1. The van der Waals surface area contributed by atoms with Crippen molar-refractivity contribution in [1.82, 2.24) is 26.6 Å². The third-order valence-corrected chi connectivity index (χ3v) is 5.97. The highest BCUT2D eigenvalue weighted by Gasteiger charge is 2.31. The Morgan fingerprint density at radius 3 is 1.83 bits per heavy atom. The van der Waals surface area contributed by atoms with Gasteiger partial charge in [-0.3, -0.25) is 29.0 Å². The van der Waals surface area contributed by atoms with E-state index in [0.717, 1.165) is 0 Å². The van der Waals surface area contributed by atoms with Crippen molar-refractivity contribution in [3.8, 4) is 0 Å². The van der Waals surface area contributed by atoms with Gasteiger partial charge in [0.1, 0.15) is 24.2 Å². The number of carboxylic acids is 1. The molecule has 19 nitrogen and oxygen atoms in total. The van der Waals surface area contributed by atoms with Gasteiger partial charge in [-0.25, -0.2) is 4.79 Å². The first-order valence-corrected chi connectivity index (χ1v) is 13.1. The number of aliphatic hydroxyl groups is 3. The van der Waals surface area contributed by atoms with Gasteiger partial charge in [0.15, 0.2) is 5.96 Å². The average Bonchev–Trinajstić information content (AvgIpc) is 2.95. The second kappa shape index (κ2) is 19.9. The Hall–Kier alpha value is -4.07. The van der Waals surface area contributed by atoms with Gasteiger partial charge in [0.2, 0.25) is 29.5 Å². The molecule has 0 aliphatic rings. The third-order valence-electron chi connectivity index (χ3n) is 5.97. The lowest BCUT2D eigenvalue weighted by Crippen LogP contribution is -2.59. The van der Waals surface area contributed by atoms with Crippen LogP contribution in [0.3, 0.4) is 0 Å². The van der Waals surface area contributed by atoms with Crippen LogP contribution in [0.15, 0.2) is 4.99 Å². The molecule has 0 rings (SSSR count). The summed E-state index contributed by atoms with van der Waals surface area (Å²) >= 11 is 0. The van der Waals surface area contributed by atoms with Gasteiger partial charge in [-0.15, -0.1) is 0 Å². The molecular formula is C23H43N9O10. The number of hydrogen-bond acceptors (Lipinski definition) is 11. The normalized spacial score (nSPS) is 15.0. The standard InChI is InChI=1S/C23H43N9O10/c1-3-11(2)17(32-18(37)12(24)5-4-6-27-23(25)26)21(40)30-13(8-33)19(38)28-7-16(36)29-14(9-34)20(39)31-15(10-35)22(41)42/h11-15,17,33-35H,3-10,24H2,1-2H3,(H,28,38)(H,29,36)(H,30,40)(H,31,39)(H,32,37)(H,41,42)(H4,25,26,27)/t11?,12?,13-,14-,15-,17-/m0/s1. The fourth-order valence-electron chi connectivity index (χ4n) is 3.26. The highest BCUT2D eigenvalue weighted by Crippen LogP contribution is 2.09. The van der Waals surface area contributed by atoms with Crippen LogP contribution >= 0.6 is 0 Å². The second-order valence-corrected chi connectivity index (χ2v) is 9.27. The summed E-state index contributed by atoms with van der Waals surface area (Å²) in [7, 11) is 0. The smallest absolute Gasteiger partial charge is 0.328 e. The predicted molar refractivity (Wildman–Crippen MR) is 147 cm³/mol. The molecule has 6 atom stereocenters. The van der Waals surface area contributed by atoms with E-state index < -0.39 is 98.0 Å². The van der Waals surface area contributed by atoms with Crippen LogP contribution in [0, 0.1) is 5.92 Å². The predicted octanol–water partition coefficient (Wildman–Crippen LogP) is -6.47. The van der Waals surface area contributed by atoms with Crippen LogP contribution in [0.4, 0.5) is 0 Å². The van der Waals surface area contributed by atoms with Gasteiger partial charge in [0, 0.05) is 6.54 Å². The Kier molecular flexibility index (Phi) is 18.0. The molecule has 0 heterocycles. The molecule has 0 aromatic carbocycles. The van der Waals surface area contributed by atoms with Crippen LogP contribution in [0.2, 0.25) is 0 Å².